The van der Waals surface area contributed by atoms with Gasteiger partial charge in [0, 0.05) is 24.2 Å². The van der Waals surface area contributed by atoms with E-state index < -0.39 is 21.8 Å². The van der Waals surface area contributed by atoms with Crippen LogP contribution in [-0.2, 0) is 19.6 Å². The number of hydrogen-bond donors (Lipinski definition) is 2. The second-order valence-electron chi connectivity index (χ2n) is 6.76. The number of nitrogens with zero attached hydrogens (tertiary/aromatic N) is 2. The fourth-order valence-corrected chi connectivity index (χ4v) is 4.37. The molecular formula is C21H24N4O6S. The monoisotopic (exact) mass is 460 g/mol. The first-order chi connectivity index (χ1) is 15.4. The highest BCUT2D eigenvalue weighted by Crippen LogP contribution is 2.18. The van der Waals surface area contributed by atoms with Gasteiger partial charge < -0.3 is 14.8 Å². The Hall–Kier alpha value is -3.28. The number of methoxy groups -OCH3 is 1. The molecule has 1 saturated heterocycles. The molecule has 2 aromatic carbocycles. The molecule has 32 heavy (non-hydrogen) atoms. The van der Waals surface area contributed by atoms with Gasteiger partial charge in [0.25, 0.3) is 11.8 Å². The van der Waals surface area contributed by atoms with Crippen molar-refractivity contribution in [3.05, 3.63) is 59.7 Å². The molecule has 0 aliphatic carbocycles. The summed E-state index contributed by atoms with van der Waals surface area (Å²) >= 11 is 0. The summed E-state index contributed by atoms with van der Waals surface area (Å²) in [4.78, 5) is 24.3. The highest BCUT2D eigenvalue weighted by molar-refractivity contribution is 7.89. The molecule has 1 aliphatic heterocycles. The van der Waals surface area contributed by atoms with Crippen molar-refractivity contribution in [2.24, 2.45) is 5.10 Å². The number of carbonyl (C=O) groups is 2. The Balaban J connectivity index is 1.51. The summed E-state index contributed by atoms with van der Waals surface area (Å²) in [5.74, 6) is -0.418. The number of nitrogens with one attached hydrogen (secondary N) is 2. The third-order valence-corrected chi connectivity index (χ3v) is 6.58. The Morgan fingerprint density at radius 2 is 1.81 bits per heavy atom. The summed E-state index contributed by atoms with van der Waals surface area (Å²) in [5.41, 5.74) is 3.24. The number of hydrazone groups is 1. The van der Waals surface area contributed by atoms with Gasteiger partial charge in [-0.2, -0.15) is 9.41 Å². The molecule has 3 rings (SSSR count). The van der Waals surface area contributed by atoms with Gasteiger partial charge in [-0.05, 0) is 36.4 Å². The maximum Gasteiger partial charge on any atom is 0.259 e. The molecule has 0 spiro atoms. The molecule has 2 amide bonds. The zero-order chi connectivity index (χ0) is 23.0. The van der Waals surface area contributed by atoms with Crippen LogP contribution in [0.5, 0.6) is 5.75 Å². The lowest BCUT2D eigenvalue weighted by molar-refractivity contribution is -0.120. The predicted octanol–water partition coefficient (Wildman–Crippen LogP) is 0.596. The minimum atomic E-state index is -3.64. The number of carbonyl (C=O) groups excluding carboxylic acids is 2. The Morgan fingerprint density at radius 3 is 2.50 bits per heavy atom. The third-order valence-electron chi connectivity index (χ3n) is 4.67. The molecule has 2 aromatic rings. The molecule has 0 atom stereocenters. The normalized spacial score (nSPS) is 14.8. The van der Waals surface area contributed by atoms with E-state index in [0.29, 0.717) is 37.6 Å². The van der Waals surface area contributed by atoms with Crippen molar-refractivity contribution in [1.29, 1.82) is 0 Å². The van der Waals surface area contributed by atoms with Crippen LogP contribution in [0.3, 0.4) is 0 Å². The second kappa shape index (κ2) is 10.8. The van der Waals surface area contributed by atoms with E-state index in [2.05, 4.69) is 15.8 Å². The van der Waals surface area contributed by atoms with Crippen LogP contribution in [0.4, 0.5) is 0 Å². The van der Waals surface area contributed by atoms with Crippen molar-refractivity contribution < 1.29 is 27.5 Å². The third kappa shape index (κ3) is 5.90. The molecule has 0 aromatic heterocycles. The van der Waals surface area contributed by atoms with Crippen LogP contribution in [0.15, 0.2) is 58.5 Å². The van der Waals surface area contributed by atoms with Crippen molar-refractivity contribution in [3.63, 3.8) is 0 Å². The number of ether oxygens (including phenoxy) is 2. The first kappa shape index (κ1) is 23.4. The molecule has 170 valence electrons. The highest BCUT2D eigenvalue weighted by atomic mass is 32.2. The van der Waals surface area contributed by atoms with Gasteiger partial charge in [-0.1, -0.05) is 12.1 Å². The minimum absolute atomic E-state index is 0.0966. The molecule has 1 aliphatic rings. The fourth-order valence-electron chi connectivity index (χ4n) is 2.96. The van der Waals surface area contributed by atoms with Crippen molar-refractivity contribution in [2.75, 3.05) is 40.0 Å². The topological polar surface area (TPSA) is 126 Å². The Morgan fingerprint density at radius 1 is 1.12 bits per heavy atom. The lowest BCUT2D eigenvalue weighted by atomic mass is 10.2. The van der Waals surface area contributed by atoms with Crippen molar-refractivity contribution in [1.82, 2.24) is 15.0 Å². The molecule has 0 bridgehead atoms. The van der Waals surface area contributed by atoms with Crippen LogP contribution in [-0.4, -0.2) is 70.7 Å². The molecular weight excluding hydrogens is 436 g/mol. The zero-order valence-corrected chi connectivity index (χ0v) is 18.3. The molecule has 0 saturated carbocycles. The van der Waals surface area contributed by atoms with Gasteiger partial charge in [-0.3, -0.25) is 9.59 Å². The van der Waals surface area contributed by atoms with Crippen LogP contribution in [0.1, 0.15) is 15.9 Å². The van der Waals surface area contributed by atoms with E-state index in [9.17, 15) is 18.0 Å². The number of hydrogen-bond acceptors (Lipinski definition) is 7. The minimum Gasteiger partial charge on any atom is -0.496 e. The maximum absolute atomic E-state index is 12.6. The summed E-state index contributed by atoms with van der Waals surface area (Å²) in [5, 5.41) is 6.31. The van der Waals surface area contributed by atoms with Crippen LogP contribution in [0.25, 0.3) is 0 Å². The van der Waals surface area contributed by atoms with Crippen molar-refractivity contribution >= 4 is 28.1 Å². The Kier molecular flexibility index (Phi) is 7.92. The molecule has 0 unspecified atom stereocenters. The lowest BCUT2D eigenvalue weighted by Gasteiger charge is -2.26. The summed E-state index contributed by atoms with van der Waals surface area (Å²) in [6.07, 6.45) is 1.44. The highest BCUT2D eigenvalue weighted by Gasteiger charge is 2.26. The van der Waals surface area contributed by atoms with E-state index in [1.165, 1.54) is 41.9 Å². The predicted molar refractivity (Wildman–Crippen MR) is 117 cm³/mol. The zero-order valence-electron chi connectivity index (χ0n) is 17.5. The summed E-state index contributed by atoms with van der Waals surface area (Å²) in [7, 11) is -2.10. The maximum atomic E-state index is 12.6. The van der Waals surface area contributed by atoms with Crippen molar-refractivity contribution in [2.45, 2.75) is 4.90 Å². The van der Waals surface area contributed by atoms with Gasteiger partial charge in [0.15, 0.2) is 0 Å². The van der Waals surface area contributed by atoms with Gasteiger partial charge in [-0.25, -0.2) is 13.8 Å². The average Bonchev–Trinajstić information content (AvgIpc) is 2.83. The number of benzene rings is 2. The lowest BCUT2D eigenvalue weighted by Crippen LogP contribution is -2.40. The molecule has 0 radical (unpaired) electrons. The first-order valence-corrected chi connectivity index (χ1v) is 11.3. The van der Waals surface area contributed by atoms with Gasteiger partial charge in [0.1, 0.15) is 5.75 Å². The van der Waals surface area contributed by atoms with E-state index in [1.54, 1.807) is 12.1 Å². The SMILES string of the molecule is COc1ccccc1/C=N/NC(=O)CNC(=O)c1ccc(S(=O)(=O)N2CCOCC2)cc1. The van der Waals surface area contributed by atoms with Gasteiger partial charge in [-0.15, -0.1) is 0 Å². The van der Waals surface area contributed by atoms with Crippen molar-refractivity contribution in [3.8, 4) is 5.75 Å². The molecule has 1 fully saturated rings. The van der Waals surface area contributed by atoms with E-state index in [1.807, 2.05) is 12.1 Å². The largest absolute Gasteiger partial charge is 0.496 e. The van der Waals surface area contributed by atoms with E-state index >= 15 is 0 Å². The van der Waals surface area contributed by atoms with Gasteiger partial charge in [0.05, 0.1) is 38.0 Å². The van der Waals surface area contributed by atoms with Crippen LogP contribution in [0, 0.1) is 0 Å². The average molecular weight is 461 g/mol. The smallest absolute Gasteiger partial charge is 0.259 e. The second-order valence-corrected chi connectivity index (χ2v) is 8.70. The van der Waals surface area contributed by atoms with Gasteiger partial charge >= 0.3 is 0 Å². The fraction of sp³-hybridized carbons (Fsp3) is 0.286. The summed E-state index contributed by atoms with van der Waals surface area (Å²) < 4.78 is 37.0. The van der Waals surface area contributed by atoms with Crippen LogP contribution < -0.4 is 15.5 Å². The number of rotatable bonds is 8. The number of sulfonamides is 1. The van der Waals surface area contributed by atoms with Gasteiger partial charge in [0.2, 0.25) is 10.0 Å². The standard InChI is InChI=1S/C21H24N4O6S/c1-30-19-5-3-2-4-17(19)14-23-24-20(26)15-22-21(27)16-6-8-18(9-7-16)32(28,29)25-10-12-31-13-11-25/h2-9,14H,10-13,15H2,1H3,(H,22,27)(H,24,26)/b23-14+. The molecule has 1 heterocycles. The van der Waals surface area contributed by atoms with Crippen LogP contribution >= 0.6 is 0 Å². The van der Waals surface area contributed by atoms with E-state index in [-0.39, 0.29) is 17.0 Å². The molecule has 11 heteroatoms. The van der Waals surface area contributed by atoms with Crippen LogP contribution in [0.2, 0.25) is 0 Å². The van der Waals surface area contributed by atoms with E-state index in [0.717, 1.165) is 0 Å². The summed E-state index contributed by atoms with van der Waals surface area (Å²) in [6, 6.07) is 12.7. The quantitative estimate of drug-likeness (QED) is 0.439. The first-order valence-electron chi connectivity index (χ1n) is 9.83. The Bertz CT molecular complexity index is 1080. The number of para-hydroxylation sites is 1. The Labute approximate surface area is 186 Å². The molecule has 2 N–H and O–H groups in total. The summed E-state index contributed by atoms with van der Waals surface area (Å²) in [6.45, 7) is 0.990. The number of morpholine rings is 1. The number of amides is 2. The molecule has 10 nitrogen and oxygen atoms in total. The van der Waals surface area contributed by atoms with E-state index in [4.69, 9.17) is 9.47 Å².